The zero-order valence-corrected chi connectivity index (χ0v) is 10.5. The Labute approximate surface area is 101 Å². The van der Waals surface area contributed by atoms with Crippen molar-refractivity contribution in [2.75, 3.05) is 0 Å². The van der Waals surface area contributed by atoms with E-state index in [4.69, 9.17) is 33.2 Å². The number of halogens is 10. The summed E-state index contributed by atoms with van der Waals surface area (Å²) >= 11 is 15.3. The third kappa shape index (κ3) is 4.12. The van der Waals surface area contributed by atoms with Crippen LogP contribution in [0.5, 0.6) is 0 Å². The average Bonchev–Trinajstić information content (AvgIpc) is 1.97. The number of hydrogen-bond donors (Lipinski definition) is 0. The van der Waals surface area contributed by atoms with E-state index in [1.54, 1.807) is 0 Å². The van der Waals surface area contributed by atoms with Crippen LogP contribution in [0.15, 0.2) is 0 Å². The molecule has 0 aliphatic carbocycles. The maximum atomic E-state index is 12.6. The van der Waals surface area contributed by atoms with Crippen molar-refractivity contribution < 1.29 is 30.7 Å². The average molecular weight is 332 g/mol. The van der Waals surface area contributed by atoms with Crippen LogP contribution in [0.2, 0.25) is 6.04 Å². The molecule has 0 atom stereocenters. The summed E-state index contributed by atoms with van der Waals surface area (Å²) in [5.74, 6) is -11.4. The Kier molecular flexibility index (Phi) is 4.87. The Hall–Kier alpha value is 0.597. The van der Waals surface area contributed by atoms with Crippen molar-refractivity contribution in [3.8, 4) is 0 Å². The molecule has 0 fully saturated rings. The van der Waals surface area contributed by atoms with Crippen molar-refractivity contribution in [3.63, 3.8) is 0 Å². The molecule has 98 valence electrons. The lowest BCUT2D eigenvalue weighted by Gasteiger charge is -2.28. The van der Waals surface area contributed by atoms with E-state index in [9.17, 15) is 30.7 Å². The molecule has 0 unspecified atom stereocenters. The topological polar surface area (TPSA) is 0 Å². The Morgan fingerprint density at radius 1 is 0.812 bits per heavy atom. The van der Waals surface area contributed by atoms with E-state index in [1.165, 1.54) is 0 Å². The normalized spacial score (nSPS) is 15.4. The molecule has 0 aliphatic rings. The lowest BCUT2D eigenvalue weighted by molar-refractivity contribution is -0.354. The second kappa shape index (κ2) is 4.70. The molecule has 0 aliphatic heterocycles. The van der Waals surface area contributed by atoms with Gasteiger partial charge in [0.2, 0.25) is 0 Å². The molecule has 0 aromatic heterocycles. The van der Waals surface area contributed by atoms with Crippen molar-refractivity contribution in [1.29, 1.82) is 0 Å². The van der Waals surface area contributed by atoms with Gasteiger partial charge in [-0.05, 0) is 6.04 Å². The molecule has 0 spiro atoms. The van der Waals surface area contributed by atoms with Crippen LogP contribution in [0, 0.1) is 0 Å². The van der Waals surface area contributed by atoms with Crippen molar-refractivity contribution in [2.45, 2.75) is 30.5 Å². The quantitative estimate of drug-likeness (QED) is 0.392. The summed E-state index contributed by atoms with van der Waals surface area (Å²) in [6, 6.07) is -4.66. The minimum atomic E-state index is -6.34. The van der Waals surface area contributed by atoms with E-state index in [1.807, 2.05) is 0 Å². The molecule has 0 aromatic carbocycles. The van der Waals surface area contributed by atoms with Gasteiger partial charge in [-0.2, -0.15) is 30.7 Å². The second-order valence-corrected chi connectivity index (χ2v) is 12.2. The fourth-order valence-electron chi connectivity index (χ4n) is 0.663. The van der Waals surface area contributed by atoms with Crippen LogP contribution >= 0.6 is 33.2 Å². The standard InChI is InChI=1S/C5H4Cl3F7Si/c6-16(7,8)2-1-3(9,10)4(11,12)5(13,14)15/h1-2H2. The molecule has 11 heteroatoms. The van der Waals surface area contributed by atoms with E-state index in [-0.39, 0.29) is 0 Å². The van der Waals surface area contributed by atoms with Crippen LogP contribution < -0.4 is 0 Å². The Bertz CT molecular complexity index is 245. The highest BCUT2D eigenvalue weighted by Gasteiger charge is 2.72. The SMILES string of the molecule is FC(F)(F)C(F)(F)C(F)(F)CC[Si](Cl)(Cl)Cl. The van der Waals surface area contributed by atoms with Crippen LogP contribution in [0.3, 0.4) is 0 Å². The zero-order valence-electron chi connectivity index (χ0n) is 7.19. The largest absolute Gasteiger partial charge is 0.459 e. The highest BCUT2D eigenvalue weighted by atomic mass is 35.8. The van der Waals surface area contributed by atoms with Gasteiger partial charge in [-0.1, -0.05) is 0 Å². The number of hydrogen-bond acceptors (Lipinski definition) is 0. The van der Waals surface area contributed by atoms with E-state index < -0.39 is 36.5 Å². The second-order valence-electron chi connectivity index (χ2n) is 2.89. The predicted octanol–water partition coefficient (Wildman–Crippen LogP) is 4.86. The molecule has 0 amide bonds. The van der Waals surface area contributed by atoms with Crippen LogP contribution in [0.1, 0.15) is 6.42 Å². The molecule has 16 heavy (non-hydrogen) atoms. The first-order valence-corrected chi connectivity index (χ1v) is 8.84. The van der Waals surface area contributed by atoms with Crippen molar-refractivity contribution in [2.24, 2.45) is 0 Å². The highest BCUT2D eigenvalue weighted by molar-refractivity contribution is 7.64. The predicted molar refractivity (Wildman–Crippen MR) is 48.7 cm³/mol. The first-order chi connectivity index (χ1) is 6.71. The van der Waals surface area contributed by atoms with Gasteiger partial charge in [-0.3, -0.25) is 0 Å². The monoisotopic (exact) mass is 330 g/mol. The van der Waals surface area contributed by atoms with Crippen LogP contribution in [0.4, 0.5) is 30.7 Å². The lowest BCUT2D eigenvalue weighted by Crippen LogP contribution is -2.52. The fraction of sp³-hybridized carbons (Fsp3) is 1.00. The third-order valence-corrected chi connectivity index (χ3v) is 4.06. The lowest BCUT2D eigenvalue weighted by atomic mass is 10.1. The maximum Gasteiger partial charge on any atom is 0.459 e. The minimum Gasteiger partial charge on any atom is -0.200 e. The minimum absolute atomic E-state index is 0.990. The zero-order chi connectivity index (χ0) is 13.4. The van der Waals surface area contributed by atoms with Crippen LogP contribution in [0.25, 0.3) is 0 Å². The Morgan fingerprint density at radius 3 is 1.44 bits per heavy atom. The molecule has 0 saturated carbocycles. The van der Waals surface area contributed by atoms with E-state index >= 15 is 0 Å². The highest BCUT2D eigenvalue weighted by Crippen LogP contribution is 2.49. The molecule has 0 aromatic rings. The summed E-state index contributed by atoms with van der Waals surface area (Å²) in [5, 5.41) is 0. The van der Waals surface area contributed by atoms with Gasteiger partial charge in [0.25, 0.3) is 0 Å². The third-order valence-electron chi connectivity index (χ3n) is 1.54. The maximum absolute atomic E-state index is 12.6. The van der Waals surface area contributed by atoms with Gasteiger partial charge in [0.15, 0.2) is 0 Å². The van der Waals surface area contributed by atoms with Crippen molar-refractivity contribution in [3.05, 3.63) is 0 Å². The summed E-state index contributed by atoms with van der Waals surface area (Å²) in [6.07, 6.45) is -8.17. The van der Waals surface area contributed by atoms with E-state index in [0.717, 1.165) is 0 Å². The van der Waals surface area contributed by atoms with E-state index in [0.29, 0.717) is 0 Å². The molecular formula is C5H4Cl3F7Si. The summed E-state index contributed by atoms with van der Waals surface area (Å²) in [7, 11) is 0. The van der Waals surface area contributed by atoms with Gasteiger partial charge in [0, 0.05) is 6.42 Å². The van der Waals surface area contributed by atoms with Crippen LogP contribution in [-0.2, 0) is 0 Å². The summed E-state index contributed by atoms with van der Waals surface area (Å²) in [6.45, 7) is 0. The summed E-state index contributed by atoms with van der Waals surface area (Å²) < 4.78 is 84.7. The first kappa shape index (κ1) is 16.6. The number of rotatable bonds is 4. The van der Waals surface area contributed by atoms with Crippen molar-refractivity contribution in [1.82, 2.24) is 0 Å². The molecule has 0 nitrogen and oxygen atoms in total. The first-order valence-electron chi connectivity index (χ1n) is 3.60. The molecule has 0 N–H and O–H groups in total. The molecular weight excluding hydrogens is 327 g/mol. The summed E-state index contributed by atoms with van der Waals surface area (Å²) in [4.78, 5) is 0. The fourth-order valence-corrected chi connectivity index (χ4v) is 2.11. The molecule has 0 bridgehead atoms. The van der Waals surface area contributed by atoms with Crippen molar-refractivity contribution >= 4 is 39.2 Å². The summed E-state index contributed by atoms with van der Waals surface area (Å²) in [5.41, 5.74) is 0. The Morgan fingerprint density at radius 2 is 1.19 bits per heavy atom. The smallest absolute Gasteiger partial charge is 0.200 e. The van der Waals surface area contributed by atoms with Crippen LogP contribution in [-0.4, -0.2) is 24.0 Å². The van der Waals surface area contributed by atoms with Gasteiger partial charge < -0.3 is 0 Å². The number of alkyl halides is 7. The molecule has 0 heterocycles. The van der Waals surface area contributed by atoms with E-state index in [2.05, 4.69) is 0 Å². The van der Waals surface area contributed by atoms with Gasteiger partial charge in [0.05, 0.1) is 0 Å². The molecule has 0 saturated heterocycles. The van der Waals surface area contributed by atoms with Gasteiger partial charge in [-0.25, -0.2) is 0 Å². The molecule has 0 rings (SSSR count). The molecule has 0 radical (unpaired) electrons. The Balaban J connectivity index is 4.79. The van der Waals surface area contributed by atoms with Gasteiger partial charge in [-0.15, -0.1) is 33.2 Å². The van der Waals surface area contributed by atoms with Gasteiger partial charge in [0.1, 0.15) is 0 Å². The van der Waals surface area contributed by atoms with Gasteiger partial charge >= 0.3 is 24.0 Å².